The summed E-state index contributed by atoms with van der Waals surface area (Å²) >= 11 is 0. The van der Waals surface area contributed by atoms with Gasteiger partial charge >= 0.3 is 0 Å². The van der Waals surface area contributed by atoms with Crippen molar-refractivity contribution in [3.05, 3.63) is 65.2 Å². The number of rotatable bonds is 2. The van der Waals surface area contributed by atoms with Crippen molar-refractivity contribution < 1.29 is 0 Å². The van der Waals surface area contributed by atoms with Crippen LogP contribution in [0.25, 0.3) is 0 Å². The Morgan fingerprint density at radius 3 is 2.89 bits per heavy atom. The lowest BCUT2D eigenvalue weighted by Gasteiger charge is -2.25. The van der Waals surface area contributed by atoms with Gasteiger partial charge in [0.25, 0.3) is 0 Å². The monoisotopic (exact) mass is 248 g/mol. The molecule has 2 aromatic rings. The standard InChI is InChI=1S/C17H16N2/c1-13-9-16-7-2-3-8-17(16)19(13)12-15-6-4-5-14(10-15)11-18/h2-8,10,13H,9,12H2,1H3/t13-/m0/s1. The molecular formula is C17H16N2. The molecule has 3 rings (SSSR count). The van der Waals surface area contributed by atoms with Gasteiger partial charge in [-0.15, -0.1) is 0 Å². The van der Waals surface area contributed by atoms with E-state index in [1.54, 1.807) is 0 Å². The van der Waals surface area contributed by atoms with Crippen molar-refractivity contribution in [3.8, 4) is 6.07 Å². The van der Waals surface area contributed by atoms with Crippen LogP contribution in [0, 0.1) is 11.3 Å². The van der Waals surface area contributed by atoms with Crippen molar-refractivity contribution in [1.29, 1.82) is 5.26 Å². The van der Waals surface area contributed by atoms with Crippen molar-refractivity contribution in [2.45, 2.75) is 25.9 Å². The number of hydrogen-bond donors (Lipinski definition) is 0. The molecular weight excluding hydrogens is 232 g/mol. The zero-order chi connectivity index (χ0) is 13.2. The summed E-state index contributed by atoms with van der Waals surface area (Å²) in [6.07, 6.45) is 1.11. The maximum atomic E-state index is 8.97. The van der Waals surface area contributed by atoms with Gasteiger partial charge in [0.05, 0.1) is 11.6 Å². The molecule has 0 spiro atoms. The van der Waals surface area contributed by atoms with Crippen molar-refractivity contribution in [2.75, 3.05) is 4.90 Å². The second kappa shape index (κ2) is 4.78. The molecule has 0 fully saturated rings. The molecule has 0 saturated heterocycles. The first-order valence-corrected chi connectivity index (χ1v) is 6.61. The highest BCUT2D eigenvalue weighted by atomic mass is 15.2. The Hall–Kier alpha value is -2.27. The highest BCUT2D eigenvalue weighted by Gasteiger charge is 2.25. The van der Waals surface area contributed by atoms with E-state index in [1.165, 1.54) is 16.8 Å². The van der Waals surface area contributed by atoms with Crippen LogP contribution in [0.15, 0.2) is 48.5 Å². The smallest absolute Gasteiger partial charge is 0.0991 e. The molecule has 1 heterocycles. The van der Waals surface area contributed by atoms with E-state index in [-0.39, 0.29) is 0 Å². The fourth-order valence-electron chi connectivity index (χ4n) is 2.81. The zero-order valence-electron chi connectivity index (χ0n) is 11.0. The van der Waals surface area contributed by atoms with Crippen molar-refractivity contribution in [3.63, 3.8) is 0 Å². The van der Waals surface area contributed by atoms with E-state index in [1.807, 2.05) is 18.2 Å². The average Bonchev–Trinajstić information content (AvgIpc) is 2.76. The minimum atomic E-state index is 0.517. The first kappa shape index (κ1) is 11.8. The third kappa shape index (κ3) is 2.20. The van der Waals surface area contributed by atoms with Crippen molar-refractivity contribution in [2.24, 2.45) is 0 Å². The number of benzene rings is 2. The van der Waals surface area contributed by atoms with Gasteiger partial charge in [0.15, 0.2) is 0 Å². The third-order valence-electron chi connectivity index (χ3n) is 3.76. The van der Waals surface area contributed by atoms with Crippen molar-refractivity contribution >= 4 is 5.69 Å². The summed E-state index contributed by atoms with van der Waals surface area (Å²) < 4.78 is 0. The van der Waals surface area contributed by atoms with Crippen LogP contribution >= 0.6 is 0 Å². The molecule has 1 aliphatic rings. The van der Waals surface area contributed by atoms with Crippen LogP contribution in [0.1, 0.15) is 23.6 Å². The summed E-state index contributed by atoms with van der Waals surface area (Å²) in [6.45, 7) is 3.13. The van der Waals surface area contributed by atoms with Gasteiger partial charge in [-0.3, -0.25) is 0 Å². The summed E-state index contributed by atoms with van der Waals surface area (Å²) in [7, 11) is 0. The predicted octanol–water partition coefficient (Wildman–Crippen LogP) is 3.51. The predicted molar refractivity (Wildman–Crippen MR) is 76.9 cm³/mol. The maximum absolute atomic E-state index is 8.97. The Morgan fingerprint density at radius 1 is 1.21 bits per heavy atom. The first-order chi connectivity index (χ1) is 9.28. The molecule has 2 aromatic carbocycles. The Kier molecular flexibility index (Phi) is 2.97. The number of nitriles is 1. The summed E-state index contributed by atoms with van der Waals surface area (Å²) in [5.74, 6) is 0. The molecule has 0 aliphatic carbocycles. The fraction of sp³-hybridized carbons (Fsp3) is 0.235. The van der Waals surface area contributed by atoms with E-state index in [0.29, 0.717) is 6.04 Å². The number of fused-ring (bicyclic) bond motifs is 1. The number of nitrogens with zero attached hydrogens (tertiary/aromatic N) is 2. The molecule has 2 nitrogen and oxygen atoms in total. The quantitative estimate of drug-likeness (QED) is 0.813. The number of anilines is 1. The lowest BCUT2D eigenvalue weighted by molar-refractivity contribution is 0.672. The molecule has 0 unspecified atom stereocenters. The van der Waals surface area contributed by atoms with Gasteiger partial charge in [0.2, 0.25) is 0 Å². The van der Waals surface area contributed by atoms with Gasteiger partial charge in [-0.05, 0) is 42.7 Å². The van der Waals surface area contributed by atoms with E-state index >= 15 is 0 Å². The molecule has 1 aliphatic heterocycles. The molecule has 0 saturated carbocycles. The van der Waals surface area contributed by atoms with E-state index in [2.05, 4.69) is 48.2 Å². The topological polar surface area (TPSA) is 27.0 Å². The van der Waals surface area contributed by atoms with Gasteiger partial charge in [0, 0.05) is 18.3 Å². The van der Waals surface area contributed by atoms with Crippen LogP contribution in [-0.4, -0.2) is 6.04 Å². The van der Waals surface area contributed by atoms with Crippen molar-refractivity contribution in [1.82, 2.24) is 0 Å². The molecule has 0 radical (unpaired) electrons. The normalized spacial score (nSPS) is 17.1. The average molecular weight is 248 g/mol. The van der Waals surface area contributed by atoms with Crippen LogP contribution in [-0.2, 0) is 13.0 Å². The zero-order valence-corrected chi connectivity index (χ0v) is 11.0. The van der Waals surface area contributed by atoms with Crippen LogP contribution in [0.2, 0.25) is 0 Å². The second-order valence-corrected chi connectivity index (χ2v) is 5.12. The summed E-state index contributed by atoms with van der Waals surface area (Å²) in [6, 6.07) is 19.2. The van der Waals surface area contributed by atoms with Gasteiger partial charge < -0.3 is 4.90 Å². The molecule has 2 heteroatoms. The minimum absolute atomic E-state index is 0.517. The Bertz CT molecular complexity index is 640. The van der Waals surface area contributed by atoms with Crippen LogP contribution in [0.4, 0.5) is 5.69 Å². The Balaban J connectivity index is 1.89. The molecule has 1 atom stereocenters. The summed E-state index contributed by atoms with van der Waals surface area (Å²) in [4.78, 5) is 2.42. The van der Waals surface area contributed by atoms with E-state index < -0.39 is 0 Å². The van der Waals surface area contributed by atoms with Gasteiger partial charge in [0.1, 0.15) is 0 Å². The van der Waals surface area contributed by atoms with Gasteiger partial charge in [-0.25, -0.2) is 0 Å². The fourth-order valence-corrected chi connectivity index (χ4v) is 2.81. The number of hydrogen-bond acceptors (Lipinski definition) is 2. The van der Waals surface area contributed by atoms with Crippen LogP contribution in [0.5, 0.6) is 0 Å². The maximum Gasteiger partial charge on any atom is 0.0991 e. The third-order valence-corrected chi connectivity index (χ3v) is 3.76. The Morgan fingerprint density at radius 2 is 2.05 bits per heavy atom. The molecule has 19 heavy (non-hydrogen) atoms. The highest BCUT2D eigenvalue weighted by molar-refractivity contribution is 5.59. The molecule has 0 bridgehead atoms. The SMILES string of the molecule is C[C@H]1Cc2ccccc2N1Cc1cccc(C#N)c1. The van der Waals surface area contributed by atoms with E-state index in [0.717, 1.165) is 18.5 Å². The lowest BCUT2D eigenvalue weighted by atomic mass is 10.1. The van der Waals surface area contributed by atoms with Crippen LogP contribution in [0.3, 0.4) is 0 Å². The highest BCUT2D eigenvalue weighted by Crippen LogP contribution is 2.32. The summed E-state index contributed by atoms with van der Waals surface area (Å²) in [5.41, 5.74) is 4.68. The molecule has 0 amide bonds. The van der Waals surface area contributed by atoms with E-state index in [4.69, 9.17) is 5.26 Å². The molecule has 0 aromatic heterocycles. The minimum Gasteiger partial charge on any atom is -0.364 e. The van der Waals surface area contributed by atoms with Gasteiger partial charge in [-0.1, -0.05) is 30.3 Å². The Labute approximate surface area is 113 Å². The van der Waals surface area contributed by atoms with E-state index in [9.17, 15) is 0 Å². The van der Waals surface area contributed by atoms with Crippen LogP contribution < -0.4 is 4.90 Å². The second-order valence-electron chi connectivity index (χ2n) is 5.12. The van der Waals surface area contributed by atoms with Gasteiger partial charge in [-0.2, -0.15) is 5.26 Å². The molecule has 0 N–H and O–H groups in total. The lowest BCUT2D eigenvalue weighted by Crippen LogP contribution is -2.28. The molecule has 94 valence electrons. The largest absolute Gasteiger partial charge is 0.364 e. The number of para-hydroxylation sites is 1. The first-order valence-electron chi connectivity index (χ1n) is 6.61. The summed E-state index contributed by atoms with van der Waals surface area (Å²) in [5, 5.41) is 8.97.